The van der Waals surface area contributed by atoms with Gasteiger partial charge in [0.2, 0.25) is 5.91 Å². The molecule has 1 amide bonds. The fourth-order valence-electron chi connectivity index (χ4n) is 2.16. The summed E-state index contributed by atoms with van der Waals surface area (Å²) in [4.78, 5) is 23.4. The summed E-state index contributed by atoms with van der Waals surface area (Å²) in [7, 11) is 0. The van der Waals surface area contributed by atoms with Gasteiger partial charge in [0.15, 0.2) is 0 Å². The normalized spacial score (nSPS) is 27.0. The zero-order valence-corrected chi connectivity index (χ0v) is 11.2. The lowest BCUT2D eigenvalue weighted by atomic mass is 9.85. The summed E-state index contributed by atoms with van der Waals surface area (Å²) >= 11 is 0. The smallest absolute Gasteiger partial charge is 0.313 e. The molecule has 0 aliphatic carbocycles. The molecule has 3 atom stereocenters. The quantitative estimate of drug-likeness (QED) is 0.735. The number of aliphatic carboxylic acids is 1. The molecule has 2 unspecified atom stereocenters. The van der Waals surface area contributed by atoms with Crippen molar-refractivity contribution in [2.75, 3.05) is 13.2 Å². The molecule has 6 heteroatoms. The van der Waals surface area contributed by atoms with Gasteiger partial charge in [0.05, 0.1) is 19.3 Å². The van der Waals surface area contributed by atoms with E-state index in [1.54, 1.807) is 31.2 Å². The maximum absolute atomic E-state index is 12.1. The highest BCUT2D eigenvalue weighted by Crippen LogP contribution is 2.29. The molecule has 1 aliphatic rings. The van der Waals surface area contributed by atoms with Gasteiger partial charge < -0.3 is 20.9 Å². The third-order valence-electron chi connectivity index (χ3n) is 3.70. The molecule has 108 valence electrons. The van der Waals surface area contributed by atoms with E-state index < -0.39 is 29.4 Å². The molecule has 0 saturated carbocycles. The second kappa shape index (κ2) is 5.60. The number of ether oxygens (including phenoxy) is 1. The van der Waals surface area contributed by atoms with Crippen molar-refractivity contribution in [3.05, 3.63) is 35.9 Å². The van der Waals surface area contributed by atoms with Crippen LogP contribution in [-0.4, -0.2) is 36.2 Å². The molecule has 1 aliphatic heterocycles. The van der Waals surface area contributed by atoms with Crippen molar-refractivity contribution < 1.29 is 19.4 Å². The maximum Gasteiger partial charge on any atom is 0.313 e. The van der Waals surface area contributed by atoms with Gasteiger partial charge in [0, 0.05) is 0 Å². The average Bonchev–Trinajstić information content (AvgIpc) is 2.81. The third kappa shape index (κ3) is 2.66. The molecule has 4 N–H and O–H groups in total. The molecule has 0 aromatic heterocycles. The van der Waals surface area contributed by atoms with Crippen molar-refractivity contribution in [2.45, 2.75) is 19.0 Å². The first kappa shape index (κ1) is 14.5. The van der Waals surface area contributed by atoms with Gasteiger partial charge >= 0.3 is 5.97 Å². The number of nitrogens with two attached hydrogens (primary N) is 1. The van der Waals surface area contributed by atoms with E-state index in [-0.39, 0.29) is 13.2 Å². The topological polar surface area (TPSA) is 102 Å². The van der Waals surface area contributed by atoms with Gasteiger partial charge in [-0.15, -0.1) is 0 Å². The highest BCUT2D eigenvalue weighted by molar-refractivity contribution is 5.84. The molecule has 0 radical (unpaired) electrons. The number of nitrogens with one attached hydrogen (secondary N) is 1. The third-order valence-corrected chi connectivity index (χ3v) is 3.70. The van der Waals surface area contributed by atoms with E-state index in [1.807, 2.05) is 6.07 Å². The van der Waals surface area contributed by atoms with E-state index >= 15 is 0 Å². The van der Waals surface area contributed by atoms with Crippen LogP contribution in [0.1, 0.15) is 18.5 Å². The molecule has 1 aromatic rings. The molecule has 1 aromatic carbocycles. The first-order chi connectivity index (χ1) is 9.45. The fraction of sp³-hybridized carbons (Fsp3) is 0.429. The predicted octanol–water partition coefficient (Wildman–Crippen LogP) is 0.292. The zero-order chi connectivity index (χ0) is 14.8. The van der Waals surface area contributed by atoms with Gasteiger partial charge in [0.25, 0.3) is 0 Å². The number of carboxylic acid groups (broad SMARTS) is 1. The van der Waals surface area contributed by atoms with Crippen LogP contribution in [0, 0.1) is 5.41 Å². The summed E-state index contributed by atoms with van der Waals surface area (Å²) in [6.07, 6.45) is 0. The minimum Gasteiger partial charge on any atom is -0.481 e. The molecule has 2 rings (SSSR count). The van der Waals surface area contributed by atoms with E-state index in [4.69, 9.17) is 10.5 Å². The van der Waals surface area contributed by atoms with Crippen LogP contribution in [0.25, 0.3) is 0 Å². The number of benzene rings is 1. The Morgan fingerprint density at radius 2 is 2.10 bits per heavy atom. The van der Waals surface area contributed by atoms with Gasteiger partial charge in [0.1, 0.15) is 11.5 Å². The standard InChI is InChI=1S/C14H18N2O4/c1-14(13(18)19)8-20-7-10(14)16-12(17)11(15)9-5-3-2-4-6-9/h2-6,10-11H,7-8,15H2,1H3,(H,16,17)(H,18,19)/t10?,11-,14?/m1/s1. The Morgan fingerprint density at radius 3 is 2.70 bits per heavy atom. The van der Waals surface area contributed by atoms with Gasteiger partial charge in [-0.1, -0.05) is 30.3 Å². The van der Waals surface area contributed by atoms with Crippen LogP contribution in [-0.2, 0) is 14.3 Å². The van der Waals surface area contributed by atoms with Crippen LogP contribution >= 0.6 is 0 Å². The van der Waals surface area contributed by atoms with E-state index in [2.05, 4.69) is 5.32 Å². The summed E-state index contributed by atoms with van der Waals surface area (Å²) in [5.74, 6) is -1.40. The van der Waals surface area contributed by atoms with Gasteiger partial charge in [-0.3, -0.25) is 9.59 Å². The molecule has 1 fully saturated rings. The Morgan fingerprint density at radius 1 is 1.45 bits per heavy atom. The summed E-state index contributed by atoms with van der Waals surface area (Å²) < 4.78 is 5.18. The van der Waals surface area contributed by atoms with E-state index in [0.29, 0.717) is 5.56 Å². The van der Waals surface area contributed by atoms with Crippen LogP contribution in [0.15, 0.2) is 30.3 Å². The van der Waals surface area contributed by atoms with Crippen molar-refractivity contribution in [1.29, 1.82) is 0 Å². The minimum absolute atomic E-state index is 0.0772. The maximum atomic E-state index is 12.1. The van der Waals surface area contributed by atoms with Crippen molar-refractivity contribution >= 4 is 11.9 Å². The van der Waals surface area contributed by atoms with Crippen molar-refractivity contribution in [2.24, 2.45) is 11.1 Å². The monoisotopic (exact) mass is 278 g/mol. The van der Waals surface area contributed by atoms with Crippen LogP contribution in [0.4, 0.5) is 0 Å². The molecule has 0 spiro atoms. The number of carbonyl (C=O) groups excluding carboxylic acids is 1. The molecule has 0 bridgehead atoms. The summed E-state index contributed by atoms with van der Waals surface area (Å²) in [5.41, 5.74) is 5.44. The number of rotatable bonds is 4. The van der Waals surface area contributed by atoms with Crippen LogP contribution < -0.4 is 11.1 Å². The lowest BCUT2D eigenvalue weighted by Gasteiger charge is -2.26. The molecule has 1 heterocycles. The molecule has 1 saturated heterocycles. The Bertz CT molecular complexity index is 505. The summed E-state index contributed by atoms with van der Waals surface area (Å²) in [6, 6.07) is 7.53. The van der Waals surface area contributed by atoms with E-state index in [9.17, 15) is 14.7 Å². The average molecular weight is 278 g/mol. The number of hydrogen-bond acceptors (Lipinski definition) is 4. The Labute approximate surface area is 116 Å². The van der Waals surface area contributed by atoms with E-state index in [0.717, 1.165) is 0 Å². The molecule has 6 nitrogen and oxygen atoms in total. The Kier molecular flexibility index (Phi) is 4.06. The summed E-state index contributed by atoms with van der Waals surface area (Å²) in [6.45, 7) is 1.81. The van der Waals surface area contributed by atoms with Gasteiger partial charge in [-0.25, -0.2) is 0 Å². The van der Waals surface area contributed by atoms with Crippen LogP contribution in [0.5, 0.6) is 0 Å². The lowest BCUT2D eigenvalue weighted by Crippen LogP contribution is -2.51. The summed E-state index contributed by atoms with van der Waals surface area (Å²) in [5, 5.41) is 11.9. The minimum atomic E-state index is -1.12. The zero-order valence-electron chi connectivity index (χ0n) is 11.2. The Hall–Kier alpha value is -1.92. The number of amides is 1. The SMILES string of the molecule is CC1(C(=O)O)COCC1NC(=O)[C@H](N)c1ccccc1. The number of carbonyl (C=O) groups is 2. The van der Waals surface area contributed by atoms with Crippen molar-refractivity contribution in [3.63, 3.8) is 0 Å². The Balaban J connectivity index is 2.06. The first-order valence-electron chi connectivity index (χ1n) is 6.37. The number of hydrogen-bond donors (Lipinski definition) is 3. The largest absolute Gasteiger partial charge is 0.481 e. The molecular weight excluding hydrogens is 260 g/mol. The lowest BCUT2D eigenvalue weighted by molar-refractivity contribution is -0.149. The van der Waals surface area contributed by atoms with Gasteiger partial charge in [-0.05, 0) is 12.5 Å². The van der Waals surface area contributed by atoms with Gasteiger partial charge in [-0.2, -0.15) is 0 Å². The van der Waals surface area contributed by atoms with Crippen LogP contribution in [0.3, 0.4) is 0 Å². The predicted molar refractivity (Wildman–Crippen MR) is 71.9 cm³/mol. The number of carboxylic acids is 1. The van der Waals surface area contributed by atoms with Crippen molar-refractivity contribution in [3.8, 4) is 0 Å². The second-order valence-corrected chi connectivity index (χ2v) is 5.19. The second-order valence-electron chi connectivity index (χ2n) is 5.19. The fourth-order valence-corrected chi connectivity index (χ4v) is 2.16. The highest BCUT2D eigenvalue weighted by atomic mass is 16.5. The molecular formula is C14H18N2O4. The van der Waals surface area contributed by atoms with Crippen LogP contribution in [0.2, 0.25) is 0 Å². The first-order valence-corrected chi connectivity index (χ1v) is 6.37. The molecule has 20 heavy (non-hydrogen) atoms. The highest BCUT2D eigenvalue weighted by Gasteiger charge is 2.47. The van der Waals surface area contributed by atoms with Crippen molar-refractivity contribution in [1.82, 2.24) is 5.32 Å². The van der Waals surface area contributed by atoms with E-state index in [1.165, 1.54) is 0 Å².